The fourth-order valence-electron chi connectivity index (χ4n) is 3.03. The van der Waals surface area contributed by atoms with Crippen molar-refractivity contribution in [3.63, 3.8) is 0 Å². The van der Waals surface area contributed by atoms with Crippen LogP contribution in [-0.2, 0) is 26.0 Å². The van der Waals surface area contributed by atoms with E-state index in [2.05, 4.69) is 15.3 Å². The van der Waals surface area contributed by atoms with Crippen molar-refractivity contribution in [2.24, 2.45) is 0 Å². The molecule has 9 nitrogen and oxygen atoms in total. The quantitative estimate of drug-likeness (QED) is 0.373. The lowest BCUT2D eigenvalue weighted by atomic mass is 10.1. The Hall–Kier alpha value is -1.94. The highest BCUT2D eigenvalue weighted by molar-refractivity contribution is 7.91. The number of carbonyl (C=O) groups excluding carboxylic acids is 2. The number of rotatable bonds is 13. The number of amides is 3. The molecule has 2 rings (SSSR count). The second kappa shape index (κ2) is 10.6. The standard InChI is InChI=1S/C18H30N4O5S/c1-3-8-27-12-16-19-10-15(20-16)14(2)13-28(25,26)9-6-4-5-7-22-11-17(23)21-18(22)24/h10,14H,3-9,11-13H2,1-2H3,(H,19,20)(H,21,23,24). The minimum absolute atomic E-state index is 0.0630. The van der Waals surface area contributed by atoms with Crippen molar-refractivity contribution in [2.45, 2.75) is 52.1 Å². The maximum absolute atomic E-state index is 12.4. The molecule has 0 aromatic carbocycles. The summed E-state index contributed by atoms with van der Waals surface area (Å²) in [4.78, 5) is 31.3. The smallest absolute Gasteiger partial charge is 0.324 e. The summed E-state index contributed by atoms with van der Waals surface area (Å²) >= 11 is 0. The molecule has 1 aliphatic rings. The van der Waals surface area contributed by atoms with E-state index in [1.54, 1.807) is 6.20 Å². The number of aromatic amines is 1. The molecule has 28 heavy (non-hydrogen) atoms. The average Bonchev–Trinajstić information content (AvgIpc) is 3.21. The van der Waals surface area contributed by atoms with Crippen LogP contribution in [0.4, 0.5) is 4.79 Å². The van der Waals surface area contributed by atoms with E-state index >= 15 is 0 Å². The lowest BCUT2D eigenvalue weighted by molar-refractivity contribution is -0.118. The van der Waals surface area contributed by atoms with Crippen LogP contribution in [0.1, 0.15) is 57.0 Å². The van der Waals surface area contributed by atoms with E-state index in [0.29, 0.717) is 44.8 Å². The van der Waals surface area contributed by atoms with Gasteiger partial charge in [-0.15, -0.1) is 0 Å². The summed E-state index contributed by atoms with van der Waals surface area (Å²) in [6.45, 7) is 5.51. The van der Waals surface area contributed by atoms with Gasteiger partial charge in [0.1, 0.15) is 19.0 Å². The van der Waals surface area contributed by atoms with Crippen LogP contribution in [0.2, 0.25) is 0 Å². The molecular formula is C18H30N4O5S. The lowest BCUT2D eigenvalue weighted by Crippen LogP contribution is -2.29. The summed E-state index contributed by atoms with van der Waals surface area (Å²) in [6, 6.07) is -0.370. The number of unbranched alkanes of at least 4 members (excludes halogenated alkanes) is 2. The van der Waals surface area contributed by atoms with Gasteiger partial charge >= 0.3 is 6.03 Å². The van der Waals surface area contributed by atoms with Gasteiger partial charge in [-0.25, -0.2) is 18.2 Å². The number of hydrogen-bond donors (Lipinski definition) is 2. The molecule has 1 aliphatic heterocycles. The molecule has 0 spiro atoms. The van der Waals surface area contributed by atoms with Gasteiger partial charge in [0, 0.05) is 31.0 Å². The summed E-state index contributed by atoms with van der Waals surface area (Å²) in [5, 5.41) is 2.22. The van der Waals surface area contributed by atoms with E-state index in [1.807, 2.05) is 13.8 Å². The van der Waals surface area contributed by atoms with Crippen molar-refractivity contribution in [3.05, 3.63) is 17.7 Å². The van der Waals surface area contributed by atoms with Gasteiger partial charge in [-0.1, -0.05) is 20.3 Å². The Labute approximate surface area is 166 Å². The van der Waals surface area contributed by atoms with Crippen molar-refractivity contribution in [1.29, 1.82) is 0 Å². The Balaban J connectivity index is 1.68. The topological polar surface area (TPSA) is 121 Å². The van der Waals surface area contributed by atoms with Gasteiger partial charge in [-0.2, -0.15) is 0 Å². The number of urea groups is 1. The molecule has 10 heteroatoms. The van der Waals surface area contributed by atoms with Crippen LogP contribution in [0.3, 0.4) is 0 Å². The zero-order valence-electron chi connectivity index (χ0n) is 16.6. The highest BCUT2D eigenvalue weighted by atomic mass is 32.2. The minimum Gasteiger partial charge on any atom is -0.374 e. The molecule has 158 valence electrons. The number of nitrogens with zero attached hydrogens (tertiary/aromatic N) is 2. The van der Waals surface area contributed by atoms with E-state index in [9.17, 15) is 18.0 Å². The third-order valence-corrected chi connectivity index (χ3v) is 6.44. The Morgan fingerprint density at radius 3 is 2.75 bits per heavy atom. The molecule has 0 saturated carbocycles. The number of hydrogen-bond acceptors (Lipinski definition) is 6. The highest BCUT2D eigenvalue weighted by Gasteiger charge is 2.25. The van der Waals surface area contributed by atoms with Crippen LogP contribution < -0.4 is 5.32 Å². The zero-order valence-corrected chi connectivity index (χ0v) is 17.4. The van der Waals surface area contributed by atoms with Gasteiger partial charge in [0.05, 0.1) is 11.5 Å². The van der Waals surface area contributed by atoms with E-state index in [-0.39, 0.29) is 35.9 Å². The molecule has 1 unspecified atom stereocenters. The number of H-pyrrole nitrogens is 1. The summed E-state index contributed by atoms with van der Waals surface area (Å²) in [6.07, 6.45) is 4.51. The molecule has 1 aromatic rings. The number of carbonyl (C=O) groups is 2. The number of imidazole rings is 1. The highest BCUT2D eigenvalue weighted by Crippen LogP contribution is 2.17. The van der Waals surface area contributed by atoms with Gasteiger partial charge < -0.3 is 14.6 Å². The summed E-state index contributed by atoms with van der Waals surface area (Å²) in [5.41, 5.74) is 0.795. The van der Waals surface area contributed by atoms with E-state index in [0.717, 1.165) is 12.1 Å². The predicted octanol–water partition coefficient (Wildman–Crippen LogP) is 1.58. The Morgan fingerprint density at radius 2 is 2.07 bits per heavy atom. The first kappa shape index (κ1) is 22.4. The van der Waals surface area contributed by atoms with Gasteiger partial charge in [-0.3, -0.25) is 10.1 Å². The van der Waals surface area contributed by atoms with Gasteiger partial charge in [-0.05, 0) is 19.3 Å². The number of sulfone groups is 1. The SMILES string of the molecule is CCCOCc1ncc(C(C)CS(=O)(=O)CCCCCN2CC(=O)NC2=O)[nH]1. The Kier molecular flexibility index (Phi) is 8.43. The first-order valence-electron chi connectivity index (χ1n) is 9.71. The van der Waals surface area contributed by atoms with Crippen molar-refractivity contribution >= 4 is 21.8 Å². The van der Waals surface area contributed by atoms with Crippen molar-refractivity contribution in [3.8, 4) is 0 Å². The second-order valence-corrected chi connectivity index (χ2v) is 9.42. The molecule has 0 radical (unpaired) electrons. The Morgan fingerprint density at radius 1 is 1.29 bits per heavy atom. The first-order chi connectivity index (χ1) is 13.3. The summed E-state index contributed by atoms with van der Waals surface area (Å²) in [5.74, 6) is 0.422. The fourth-order valence-corrected chi connectivity index (χ4v) is 4.79. The van der Waals surface area contributed by atoms with Crippen LogP contribution in [0, 0.1) is 0 Å². The third kappa shape index (κ3) is 7.23. The average molecular weight is 415 g/mol. The molecule has 1 atom stereocenters. The third-order valence-electron chi connectivity index (χ3n) is 4.52. The largest absolute Gasteiger partial charge is 0.374 e. The minimum atomic E-state index is -3.19. The maximum Gasteiger partial charge on any atom is 0.324 e. The van der Waals surface area contributed by atoms with E-state index < -0.39 is 9.84 Å². The summed E-state index contributed by atoms with van der Waals surface area (Å²) in [7, 11) is -3.19. The predicted molar refractivity (Wildman–Crippen MR) is 105 cm³/mol. The van der Waals surface area contributed by atoms with Gasteiger partial charge in [0.2, 0.25) is 5.91 Å². The molecule has 2 N–H and O–H groups in total. The fraction of sp³-hybridized carbons (Fsp3) is 0.722. The lowest BCUT2D eigenvalue weighted by Gasteiger charge is -2.13. The molecule has 0 aliphatic carbocycles. The number of ether oxygens (including phenoxy) is 1. The van der Waals surface area contributed by atoms with Crippen LogP contribution >= 0.6 is 0 Å². The monoisotopic (exact) mass is 414 g/mol. The molecule has 2 heterocycles. The maximum atomic E-state index is 12.4. The molecule has 1 saturated heterocycles. The molecule has 1 fully saturated rings. The number of imide groups is 1. The molecule has 3 amide bonds. The van der Waals surface area contributed by atoms with Crippen molar-refractivity contribution in [1.82, 2.24) is 20.2 Å². The van der Waals surface area contributed by atoms with Crippen LogP contribution in [0.25, 0.3) is 0 Å². The van der Waals surface area contributed by atoms with Crippen LogP contribution in [0.15, 0.2) is 6.20 Å². The molecular weight excluding hydrogens is 384 g/mol. The normalized spacial score (nSPS) is 15.9. The Bertz CT molecular complexity index is 762. The van der Waals surface area contributed by atoms with Crippen LogP contribution in [-0.4, -0.2) is 66.4 Å². The van der Waals surface area contributed by atoms with Gasteiger partial charge in [0.15, 0.2) is 9.84 Å². The second-order valence-electron chi connectivity index (χ2n) is 7.19. The molecule has 1 aromatic heterocycles. The van der Waals surface area contributed by atoms with Crippen molar-refractivity contribution < 1.29 is 22.7 Å². The van der Waals surface area contributed by atoms with Gasteiger partial charge in [0.25, 0.3) is 0 Å². The first-order valence-corrected chi connectivity index (χ1v) is 11.5. The number of nitrogens with one attached hydrogen (secondary N) is 2. The number of aromatic nitrogens is 2. The van der Waals surface area contributed by atoms with E-state index in [1.165, 1.54) is 4.90 Å². The van der Waals surface area contributed by atoms with Crippen LogP contribution in [0.5, 0.6) is 0 Å². The molecule has 0 bridgehead atoms. The van der Waals surface area contributed by atoms with E-state index in [4.69, 9.17) is 4.74 Å². The zero-order chi connectivity index (χ0) is 20.6. The summed E-state index contributed by atoms with van der Waals surface area (Å²) < 4.78 is 30.2. The van der Waals surface area contributed by atoms with Crippen molar-refractivity contribution in [2.75, 3.05) is 31.2 Å².